The van der Waals surface area contributed by atoms with Gasteiger partial charge in [0.2, 0.25) is 5.16 Å². The van der Waals surface area contributed by atoms with Crippen molar-refractivity contribution in [2.24, 2.45) is 7.05 Å². The number of tetrazole rings is 1. The van der Waals surface area contributed by atoms with Crippen molar-refractivity contribution in [1.29, 1.82) is 0 Å². The van der Waals surface area contributed by atoms with Crippen LogP contribution < -0.4 is 0 Å². The first-order valence-electron chi connectivity index (χ1n) is 4.06. The lowest BCUT2D eigenvalue weighted by molar-refractivity contribution is 0.664. The molecule has 0 bridgehead atoms. The molecule has 0 unspecified atom stereocenters. The number of nitrogens with zero attached hydrogens (tertiary/aromatic N) is 6. The maximum Gasteiger partial charge on any atom is 0.215 e. The summed E-state index contributed by atoms with van der Waals surface area (Å²) in [5, 5.41) is 12.7. The Labute approximate surface area is 98.6 Å². The van der Waals surface area contributed by atoms with E-state index < -0.39 is 0 Å². The third-order valence-electron chi connectivity index (χ3n) is 1.56. The first kappa shape index (κ1) is 10.5. The largest absolute Gasteiger partial charge is 0.226 e. The van der Waals surface area contributed by atoms with E-state index >= 15 is 0 Å². The Morgan fingerprint density at radius 3 is 2.80 bits per heavy atom. The Bertz CT molecular complexity index is 464. The molecular weight excluding hydrogens is 280 g/mol. The molecule has 0 N–H and O–H groups in total. The van der Waals surface area contributed by atoms with Crippen LogP contribution >= 0.6 is 27.7 Å². The van der Waals surface area contributed by atoms with Crippen molar-refractivity contribution < 1.29 is 0 Å². The smallest absolute Gasteiger partial charge is 0.215 e. The van der Waals surface area contributed by atoms with Gasteiger partial charge in [0.05, 0.1) is 0 Å². The van der Waals surface area contributed by atoms with Gasteiger partial charge in [-0.1, -0.05) is 0 Å². The number of rotatable bonds is 2. The van der Waals surface area contributed by atoms with Gasteiger partial charge in [-0.25, -0.2) is 14.6 Å². The summed E-state index contributed by atoms with van der Waals surface area (Å²) in [4.78, 5) is 8.38. The molecule has 0 amide bonds. The number of aryl methyl sites for hydroxylation is 2. The van der Waals surface area contributed by atoms with E-state index in [1.165, 1.54) is 11.8 Å². The zero-order valence-corrected chi connectivity index (χ0v) is 10.4. The van der Waals surface area contributed by atoms with E-state index in [1.54, 1.807) is 11.7 Å². The molecule has 8 heteroatoms. The van der Waals surface area contributed by atoms with E-state index in [2.05, 4.69) is 41.4 Å². The Morgan fingerprint density at radius 1 is 1.40 bits per heavy atom. The van der Waals surface area contributed by atoms with E-state index in [-0.39, 0.29) is 0 Å². The molecule has 0 aliphatic heterocycles. The molecule has 6 nitrogen and oxygen atoms in total. The minimum atomic E-state index is 0.694. The summed E-state index contributed by atoms with van der Waals surface area (Å²) in [6.07, 6.45) is 0. The highest BCUT2D eigenvalue weighted by molar-refractivity contribution is 9.10. The quantitative estimate of drug-likeness (QED) is 0.774. The normalized spacial score (nSPS) is 10.6. The Balaban J connectivity index is 2.28. The minimum absolute atomic E-state index is 0.694. The van der Waals surface area contributed by atoms with E-state index in [1.807, 2.05) is 13.0 Å². The summed E-state index contributed by atoms with van der Waals surface area (Å²) in [6, 6.07) is 1.83. The standard InChI is InChI=1S/C7H7BrN6S/c1-4-9-5(8)3-6(10-4)15-7-11-12-13-14(7)2/h3H,1-2H3. The molecule has 2 rings (SSSR count). The second-order valence-electron chi connectivity index (χ2n) is 2.76. The zero-order chi connectivity index (χ0) is 10.8. The third-order valence-corrected chi connectivity index (χ3v) is 2.91. The van der Waals surface area contributed by atoms with E-state index in [0.717, 1.165) is 9.63 Å². The van der Waals surface area contributed by atoms with Gasteiger partial charge < -0.3 is 0 Å². The van der Waals surface area contributed by atoms with Gasteiger partial charge in [0, 0.05) is 13.1 Å². The monoisotopic (exact) mass is 286 g/mol. The van der Waals surface area contributed by atoms with Gasteiger partial charge in [-0.2, -0.15) is 0 Å². The molecule has 0 fully saturated rings. The van der Waals surface area contributed by atoms with E-state index in [4.69, 9.17) is 0 Å². The molecule has 0 aliphatic carbocycles. The van der Waals surface area contributed by atoms with Crippen LogP contribution in [0.25, 0.3) is 0 Å². The van der Waals surface area contributed by atoms with Crippen molar-refractivity contribution in [3.63, 3.8) is 0 Å². The van der Waals surface area contributed by atoms with Crippen LogP contribution in [0.2, 0.25) is 0 Å². The maximum atomic E-state index is 4.26. The number of aromatic nitrogens is 6. The molecule has 0 aliphatic rings. The molecule has 0 saturated heterocycles. The predicted molar refractivity (Wildman–Crippen MR) is 57.4 cm³/mol. The summed E-state index contributed by atoms with van der Waals surface area (Å²) in [6.45, 7) is 1.84. The van der Waals surface area contributed by atoms with Crippen molar-refractivity contribution in [1.82, 2.24) is 30.2 Å². The van der Waals surface area contributed by atoms with Gasteiger partial charge in [0.15, 0.2) is 0 Å². The van der Waals surface area contributed by atoms with E-state index in [9.17, 15) is 0 Å². The van der Waals surface area contributed by atoms with Gasteiger partial charge >= 0.3 is 0 Å². The Kier molecular flexibility index (Phi) is 2.96. The van der Waals surface area contributed by atoms with Gasteiger partial charge in [-0.05, 0) is 45.0 Å². The van der Waals surface area contributed by atoms with Crippen LogP contribution in [0.3, 0.4) is 0 Å². The van der Waals surface area contributed by atoms with Crippen molar-refractivity contribution in [2.75, 3.05) is 0 Å². The van der Waals surface area contributed by atoms with Crippen molar-refractivity contribution >= 4 is 27.7 Å². The fraction of sp³-hybridized carbons (Fsp3) is 0.286. The van der Waals surface area contributed by atoms with Crippen LogP contribution in [0.15, 0.2) is 20.9 Å². The van der Waals surface area contributed by atoms with Gasteiger partial charge in [-0.15, -0.1) is 5.10 Å². The molecule has 0 atom stereocenters. The lowest BCUT2D eigenvalue weighted by Crippen LogP contribution is -1.95. The van der Waals surface area contributed by atoms with Crippen LogP contribution in [-0.2, 0) is 7.05 Å². The van der Waals surface area contributed by atoms with Crippen LogP contribution in [0.4, 0.5) is 0 Å². The van der Waals surface area contributed by atoms with Crippen molar-refractivity contribution in [3.8, 4) is 0 Å². The van der Waals surface area contributed by atoms with Gasteiger partial charge in [-0.3, -0.25) is 0 Å². The first-order chi connectivity index (χ1) is 7.15. The molecule has 2 aromatic rings. The van der Waals surface area contributed by atoms with Crippen molar-refractivity contribution in [2.45, 2.75) is 17.1 Å². The molecular formula is C7H7BrN6S. The second-order valence-corrected chi connectivity index (χ2v) is 4.56. The number of hydrogen-bond acceptors (Lipinski definition) is 6. The Hall–Kier alpha value is -1.02. The molecule has 0 spiro atoms. The maximum absolute atomic E-state index is 4.26. The molecule has 0 saturated carbocycles. The molecule has 0 aromatic carbocycles. The molecule has 15 heavy (non-hydrogen) atoms. The zero-order valence-electron chi connectivity index (χ0n) is 8.05. The second kappa shape index (κ2) is 4.23. The van der Waals surface area contributed by atoms with Crippen LogP contribution in [-0.4, -0.2) is 30.2 Å². The minimum Gasteiger partial charge on any atom is -0.226 e. The summed E-state index contributed by atoms with van der Waals surface area (Å²) in [7, 11) is 1.78. The lowest BCUT2D eigenvalue weighted by Gasteiger charge is -2.00. The summed E-state index contributed by atoms with van der Waals surface area (Å²) in [5.41, 5.74) is 0. The Morgan fingerprint density at radius 2 is 2.20 bits per heavy atom. The predicted octanol–water partition coefficient (Wildman–Crippen LogP) is 1.22. The number of halogens is 1. The molecule has 78 valence electrons. The highest BCUT2D eigenvalue weighted by Crippen LogP contribution is 2.24. The highest BCUT2D eigenvalue weighted by Gasteiger charge is 2.07. The van der Waals surface area contributed by atoms with Crippen LogP contribution in [0, 0.1) is 6.92 Å². The lowest BCUT2D eigenvalue weighted by atomic mass is 10.6. The fourth-order valence-corrected chi connectivity index (χ4v) is 2.37. The van der Waals surface area contributed by atoms with E-state index in [0.29, 0.717) is 11.0 Å². The number of hydrogen-bond donors (Lipinski definition) is 0. The molecule has 0 radical (unpaired) electrons. The van der Waals surface area contributed by atoms with Gasteiger partial charge in [0.25, 0.3) is 0 Å². The highest BCUT2D eigenvalue weighted by atomic mass is 79.9. The first-order valence-corrected chi connectivity index (χ1v) is 5.67. The van der Waals surface area contributed by atoms with Crippen LogP contribution in [0.5, 0.6) is 0 Å². The topological polar surface area (TPSA) is 69.4 Å². The molecule has 2 heterocycles. The summed E-state index contributed by atoms with van der Waals surface area (Å²) >= 11 is 4.71. The fourth-order valence-electron chi connectivity index (χ4n) is 0.959. The van der Waals surface area contributed by atoms with Gasteiger partial charge in [0.1, 0.15) is 15.5 Å². The SMILES string of the molecule is Cc1nc(Br)cc(Sc2nnnn2C)n1. The average molecular weight is 287 g/mol. The summed E-state index contributed by atoms with van der Waals surface area (Å²) < 4.78 is 2.35. The van der Waals surface area contributed by atoms with Crippen LogP contribution in [0.1, 0.15) is 5.82 Å². The average Bonchev–Trinajstić information content (AvgIpc) is 2.50. The molecule has 2 aromatic heterocycles. The van der Waals surface area contributed by atoms with Crippen molar-refractivity contribution in [3.05, 3.63) is 16.5 Å². The summed E-state index contributed by atoms with van der Waals surface area (Å²) in [5.74, 6) is 0.710. The third kappa shape index (κ3) is 2.51.